The topological polar surface area (TPSA) is 73.8 Å². The molecule has 172 valence electrons. The molecule has 0 atom stereocenters. The average Bonchev–Trinajstić information content (AvgIpc) is 3.39. The highest BCUT2D eigenvalue weighted by atomic mass is 32.1. The predicted molar refractivity (Wildman–Crippen MR) is 136 cm³/mol. The van der Waals surface area contributed by atoms with E-state index in [1.807, 2.05) is 70.8 Å². The van der Waals surface area contributed by atoms with Crippen molar-refractivity contribution in [3.8, 4) is 5.13 Å². The summed E-state index contributed by atoms with van der Waals surface area (Å²) in [4.78, 5) is 32.1. The third-order valence-electron chi connectivity index (χ3n) is 6.72. The highest BCUT2D eigenvalue weighted by Gasteiger charge is 2.25. The molecule has 34 heavy (non-hydrogen) atoms. The minimum Gasteiger partial charge on any atom is -0.317 e. The van der Waals surface area contributed by atoms with Crippen LogP contribution in [0.3, 0.4) is 0 Å². The van der Waals surface area contributed by atoms with Gasteiger partial charge in [0.2, 0.25) is 5.13 Å². The Morgan fingerprint density at radius 1 is 1.03 bits per heavy atom. The van der Waals surface area contributed by atoms with E-state index in [1.54, 1.807) is 10.7 Å². The lowest BCUT2D eigenvalue weighted by Crippen LogP contribution is -2.35. The Morgan fingerprint density at radius 3 is 2.53 bits per heavy atom. The molecule has 0 radical (unpaired) electrons. The van der Waals surface area contributed by atoms with Gasteiger partial charge in [0.05, 0.1) is 27.7 Å². The minimum atomic E-state index is -0.134. The van der Waals surface area contributed by atoms with Crippen molar-refractivity contribution in [1.29, 1.82) is 0 Å². The van der Waals surface area contributed by atoms with Crippen molar-refractivity contribution in [3.05, 3.63) is 92.6 Å². The molecule has 0 aliphatic carbocycles. The van der Waals surface area contributed by atoms with E-state index >= 15 is 0 Å². The van der Waals surface area contributed by atoms with Gasteiger partial charge < -0.3 is 9.88 Å². The Hall–Kier alpha value is -3.49. The van der Waals surface area contributed by atoms with Crippen LogP contribution in [0.4, 0.5) is 0 Å². The molecule has 0 bridgehead atoms. The Bertz CT molecular complexity index is 1590. The molecule has 1 fully saturated rings. The number of rotatable bonds is 4. The number of piperidine rings is 1. The fourth-order valence-electron chi connectivity index (χ4n) is 5.09. The minimum absolute atomic E-state index is 0.0554. The third kappa shape index (κ3) is 3.41. The van der Waals surface area contributed by atoms with Crippen LogP contribution in [0.2, 0.25) is 0 Å². The highest BCUT2D eigenvalue weighted by Crippen LogP contribution is 2.27. The fraction of sp³-hybridized carbons (Fsp3) is 0.269. The number of aromatic nitrogens is 4. The van der Waals surface area contributed by atoms with Crippen molar-refractivity contribution in [2.75, 3.05) is 13.1 Å². The second kappa shape index (κ2) is 8.38. The quantitative estimate of drug-likeness (QED) is 0.432. The maximum atomic E-state index is 14.0. The standard InChI is InChI=1S/C26H25N5O2S/c1-17-24-21(15-23(32)30(17)19-11-13-27-14-12-19)29(16-18-7-3-2-4-8-18)31(25(24)33)26-28-20-9-5-6-10-22(20)34-26/h2-10,15,19,27H,11-14,16H2,1H3. The lowest BCUT2D eigenvalue weighted by molar-refractivity contribution is 0.357. The van der Waals surface area contributed by atoms with Crippen LogP contribution in [0.1, 0.15) is 30.1 Å². The molecule has 8 heteroatoms. The number of hydrogen-bond donors (Lipinski definition) is 1. The van der Waals surface area contributed by atoms with Crippen molar-refractivity contribution >= 4 is 32.5 Å². The first kappa shape index (κ1) is 21.1. The van der Waals surface area contributed by atoms with Gasteiger partial charge in [-0.3, -0.25) is 14.3 Å². The van der Waals surface area contributed by atoms with Gasteiger partial charge in [-0.25, -0.2) is 4.98 Å². The van der Waals surface area contributed by atoms with E-state index in [4.69, 9.17) is 4.98 Å². The highest BCUT2D eigenvalue weighted by molar-refractivity contribution is 7.20. The van der Waals surface area contributed by atoms with E-state index in [0.717, 1.165) is 47.4 Å². The van der Waals surface area contributed by atoms with E-state index in [2.05, 4.69) is 5.32 Å². The summed E-state index contributed by atoms with van der Waals surface area (Å²) in [6, 6.07) is 19.6. The molecule has 5 aromatic rings. The number of para-hydroxylation sites is 1. The molecular weight excluding hydrogens is 446 g/mol. The zero-order valence-electron chi connectivity index (χ0n) is 18.9. The zero-order chi connectivity index (χ0) is 23.2. The predicted octanol–water partition coefficient (Wildman–Crippen LogP) is 3.84. The van der Waals surface area contributed by atoms with Gasteiger partial charge in [-0.05, 0) is 50.6 Å². The number of nitrogens with zero attached hydrogens (tertiary/aromatic N) is 4. The van der Waals surface area contributed by atoms with Crippen molar-refractivity contribution < 1.29 is 0 Å². The Labute approximate surface area is 199 Å². The van der Waals surface area contributed by atoms with Gasteiger partial charge in [-0.15, -0.1) is 0 Å². The van der Waals surface area contributed by atoms with E-state index in [0.29, 0.717) is 22.6 Å². The first-order valence-electron chi connectivity index (χ1n) is 11.6. The molecule has 1 saturated heterocycles. The number of fused-ring (bicyclic) bond motifs is 2. The van der Waals surface area contributed by atoms with Crippen LogP contribution in [0, 0.1) is 6.92 Å². The largest absolute Gasteiger partial charge is 0.317 e. The van der Waals surface area contributed by atoms with Crippen molar-refractivity contribution in [2.45, 2.75) is 32.4 Å². The van der Waals surface area contributed by atoms with Crippen LogP contribution in [0.15, 0.2) is 70.3 Å². The van der Waals surface area contributed by atoms with Gasteiger partial charge in [0.25, 0.3) is 11.1 Å². The first-order valence-corrected chi connectivity index (χ1v) is 12.4. The molecule has 0 spiro atoms. The SMILES string of the molecule is Cc1c2c(=O)n(-c3nc4ccccc4s3)n(Cc3ccccc3)c2cc(=O)n1C1CCNCC1. The second-order valence-electron chi connectivity index (χ2n) is 8.80. The van der Waals surface area contributed by atoms with Crippen LogP contribution in [-0.2, 0) is 6.54 Å². The molecule has 0 saturated carbocycles. The summed E-state index contributed by atoms with van der Waals surface area (Å²) < 4.78 is 6.42. The number of nitrogens with one attached hydrogen (secondary N) is 1. The van der Waals surface area contributed by atoms with E-state index < -0.39 is 0 Å². The fourth-order valence-corrected chi connectivity index (χ4v) is 6.07. The summed E-state index contributed by atoms with van der Waals surface area (Å²) in [5.41, 5.74) is 3.11. The molecule has 1 aliphatic rings. The van der Waals surface area contributed by atoms with Crippen LogP contribution >= 0.6 is 11.3 Å². The number of benzene rings is 2. The molecule has 0 amide bonds. The van der Waals surface area contributed by atoms with Crippen LogP contribution in [0.25, 0.3) is 26.3 Å². The number of aryl methyl sites for hydroxylation is 1. The third-order valence-corrected chi connectivity index (χ3v) is 7.73. The van der Waals surface area contributed by atoms with E-state index in [-0.39, 0.29) is 17.2 Å². The van der Waals surface area contributed by atoms with Gasteiger partial charge in [0.15, 0.2) is 0 Å². The molecular formula is C26H25N5O2S. The molecule has 6 rings (SSSR count). The summed E-state index contributed by atoms with van der Waals surface area (Å²) in [6.45, 7) is 4.12. The molecule has 4 heterocycles. The van der Waals surface area contributed by atoms with Gasteiger partial charge >= 0.3 is 0 Å². The summed E-state index contributed by atoms with van der Waals surface area (Å²) in [5, 5.41) is 4.56. The molecule has 7 nitrogen and oxygen atoms in total. The molecule has 2 aromatic carbocycles. The Morgan fingerprint density at radius 2 is 1.76 bits per heavy atom. The van der Waals surface area contributed by atoms with E-state index in [1.165, 1.54) is 11.3 Å². The van der Waals surface area contributed by atoms with Crippen LogP contribution in [0.5, 0.6) is 0 Å². The second-order valence-corrected chi connectivity index (χ2v) is 9.81. The summed E-state index contributed by atoms with van der Waals surface area (Å²) in [7, 11) is 0. The maximum Gasteiger partial charge on any atom is 0.283 e. The van der Waals surface area contributed by atoms with Crippen molar-refractivity contribution in [3.63, 3.8) is 0 Å². The van der Waals surface area contributed by atoms with Gasteiger partial charge in [-0.2, -0.15) is 4.68 Å². The van der Waals surface area contributed by atoms with Gasteiger partial charge in [-0.1, -0.05) is 53.8 Å². The lowest BCUT2D eigenvalue weighted by Gasteiger charge is -2.26. The molecule has 3 aromatic heterocycles. The number of thiazole rings is 1. The summed E-state index contributed by atoms with van der Waals surface area (Å²) >= 11 is 1.48. The smallest absolute Gasteiger partial charge is 0.283 e. The lowest BCUT2D eigenvalue weighted by atomic mass is 10.0. The van der Waals surface area contributed by atoms with Gasteiger partial charge in [0, 0.05) is 17.8 Å². The average molecular weight is 472 g/mol. The first-order chi connectivity index (χ1) is 16.6. The number of hydrogen-bond acceptors (Lipinski definition) is 5. The summed E-state index contributed by atoms with van der Waals surface area (Å²) in [6.07, 6.45) is 1.76. The van der Waals surface area contributed by atoms with E-state index in [9.17, 15) is 9.59 Å². The Balaban J connectivity index is 1.64. The normalized spacial score (nSPS) is 14.9. The van der Waals surface area contributed by atoms with Crippen molar-refractivity contribution in [1.82, 2.24) is 24.2 Å². The maximum absolute atomic E-state index is 14.0. The van der Waals surface area contributed by atoms with Crippen molar-refractivity contribution in [2.24, 2.45) is 0 Å². The van der Waals surface area contributed by atoms with Crippen LogP contribution in [-0.4, -0.2) is 32.0 Å². The Kier molecular flexibility index (Phi) is 5.19. The van der Waals surface area contributed by atoms with Crippen LogP contribution < -0.4 is 16.4 Å². The molecule has 0 unspecified atom stereocenters. The van der Waals surface area contributed by atoms with Gasteiger partial charge in [0.1, 0.15) is 0 Å². The monoisotopic (exact) mass is 471 g/mol. The molecule has 1 aliphatic heterocycles. The molecule has 1 N–H and O–H groups in total. The number of pyridine rings is 1. The zero-order valence-corrected chi connectivity index (χ0v) is 19.7. The summed E-state index contributed by atoms with van der Waals surface area (Å²) in [5.74, 6) is 0.